The first-order valence-electron chi connectivity index (χ1n) is 10.4. The molecule has 2 amide bonds. The molecule has 0 atom stereocenters. The zero-order chi connectivity index (χ0) is 24.6. The first-order chi connectivity index (χ1) is 16.2. The van der Waals surface area contributed by atoms with Crippen LogP contribution in [0.1, 0.15) is 43.4 Å². The van der Waals surface area contributed by atoms with E-state index in [1.54, 1.807) is 41.9 Å². The molecular formula is C25H22N6O3. The summed E-state index contributed by atoms with van der Waals surface area (Å²) in [5, 5.41) is 14.1. The van der Waals surface area contributed by atoms with Gasteiger partial charge in [0.05, 0.1) is 42.1 Å². The fraction of sp³-hybridized carbons (Fsp3) is 0.160. The van der Waals surface area contributed by atoms with Crippen LogP contribution in [0.25, 0.3) is 22.0 Å². The number of nitrogens with zero attached hydrogens (tertiary/aromatic N) is 4. The van der Waals surface area contributed by atoms with Crippen LogP contribution in [0.3, 0.4) is 0 Å². The Kier molecular flexibility index (Phi) is 5.73. The second kappa shape index (κ2) is 8.67. The number of amides is 2. The number of methoxy groups -OCH3 is 1. The topological polar surface area (TPSA) is 150 Å². The molecule has 2 aromatic heterocycles. The highest BCUT2D eigenvalue weighted by molar-refractivity contribution is 6.15. The first-order valence-corrected chi connectivity index (χ1v) is 10.4. The van der Waals surface area contributed by atoms with Crippen molar-refractivity contribution in [3.05, 3.63) is 76.2 Å². The highest BCUT2D eigenvalue weighted by Gasteiger charge is 2.28. The number of carbonyl (C=O) groups excluding carboxylic acids is 2. The van der Waals surface area contributed by atoms with Gasteiger partial charge in [-0.1, -0.05) is 12.1 Å². The van der Waals surface area contributed by atoms with Gasteiger partial charge in [0.2, 0.25) is 5.91 Å². The number of fused-ring (bicyclic) bond motifs is 1. The molecule has 0 fully saturated rings. The fourth-order valence-corrected chi connectivity index (χ4v) is 4.12. The normalized spacial score (nSPS) is 10.8. The van der Waals surface area contributed by atoms with E-state index in [0.717, 1.165) is 5.56 Å². The molecule has 4 N–H and O–H groups in total. The average Bonchev–Trinajstić information content (AvgIpc) is 3.09. The van der Waals surface area contributed by atoms with Crippen molar-refractivity contribution >= 4 is 22.7 Å². The summed E-state index contributed by atoms with van der Waals surface area (Å²) in [6.45, 7) is 4.04. The van der Waals surface area contributed by atoms with E-state index < -0.39 is 11.8 Å². The largest absolute Gasteiger partial charge is 0.497 e. The summed E-state index contributed by atoms with van der Waals surface area (Å²) in [4.78, 5) is 29.6. The van der Waals surface area contributed by atoms with Gasteiger partial charge in [0, 0.05) is 22.2 Å². The Morgan fingerprint density at radius 3 is 2.35 bits per heavy atom. The van der Waals surface area contributed by atoms with Crippen molar-refractivity contribution in [3.63, 3.8) is 0 Å². The summed E-state index contributed by atoms with van der Waals surface area (Å²) < 4.78 is 7.07. The number of nitrogens with two attached hydrogens (primary N) is 2. The highest BCUT2D eigenvalue weighted by Crippen LogP contribution is 2.37. The summed E-state index contributed by atoms with van der Waals surface area (Å²) in [6.07, 6.45) is 0. The SMILES string of the molecule is COc1ccc2nc(C(N)=O)c(-c3c(C)nn(Cc4ccc(C#N)cc4)c3C)c(C(N)=O)c2c1. The third-order valence-corrected chi connectivity index (χ3v) is 5.72. The van der Waals surface area contributed by atoms with Crippen LogP contribution in [-0.2, 0) is 6.54 Å². The number of carbonyl (C=O) groups is 2. The number of aryl methyl sites for hydroxylation is 1. The van der Waals surface area contributed by atoms with Crippen molar-refractivity contribution in [2.45, 2.75) is 20.4 Å². The van der Waals surface area contributed by atoms with Gasteiger partial charge in [-0.15, -0.1) is 0 Å². The minimum atomic E-state index is -0.783. The molecule has 0 aliphatic carbocycles. The molecule has 4 aromatic rings. The van der Waals surface area contributed by atoms with Gasteiger partial charge in [-0.3, -0.25) is 14.3 Å². The number of aromatic nitrogens is 3. The van der Waals surface area contributed by atoms with Gasteiger partial charge in [-0.05, 0) is 49.7 Å². The standard InChI is InChI=1S/C25H22N6O3/c1-13-20(14(2)31(30-13)12-16-6-4-15(11-26)5-7-16)22-21(24(27)32)18-10-17(34-3)8-9-19(18)29-23(22)25(28)33/h4-10H,12H2,1-3H3,(H2,27,32)(H2,28,33). The van der Waals surface area contributed by atoms with Gasteiger partial charge in [0.1, 0.15) is 11.4 Å². The lowest BCUT2D eigenvalue weighted by Crippen LogP contribution is -2.21. The number of nitriles is 1. The van der Waals surface area contributed by atoms with Crippen LogP contribution >= 0.6 is 0 Å². The quantitative estimate of drug-likeness (QED) is 0.457. The van der Waals surface area contributed by atoms with Crippen LogP contribution in [0.2, 0.25) is 0 Å². The summed E-state index contributed by atoms with van der Waals surface area (Å²) in [6, 6.07) is 14.2. The maximum Gasteiger partial charge on any atom is 0.267 e. The molecule has 9 heteroatoms. The summed E-state index contributed by atoms with van der Waals surface area (Å²) in [5.74, 6) is -0.995. The maximum atomic E-state index is 12.7. The summed E-state index contributed by atoms with van der Waals surface area (Å²) in [7, 11) is 1.51. The van der Waals surface area contributed by atoms with E-state index in [1.807, 2.05) is 19.1 Å². The predicted octanol–water partition coefficient (Wildman–Crippen LogP) is 2.84. The lowest BCUT2D eigenvalue weighted by Gasteiger charge is -2.15. The molecule has 0 saturated carbocycles. The van der Waals surface area contributed by atoms with Crippen LogP contribution in [0.4, 0.5) is 0 Å². The van der Waals surface area contributed by atoms with Crippen molar-refractivity contribution in [1.82, 2.24) is 14.8 Å². The molecule has 0 radical (unpaired) electrons. The third kappa shape index (κ3) is 3.82. The van der Waals surface area contributed by atoms with E-state index in [-0.39, 0.29) is 16.8 Å². The van der Waals surface area contributed by atoms with Gasteiger partial charge in [-0.25, -0.2) is 4.98 Å². The van der Waals surface area contributed by atoms with Crippen LogP contribution in [0.5, 0.6) is 5.75 Å². The Morgan fingerprint density at radius 2 is 1.76 bits per heavy atom. The highest BCUT2D eigenvalue weighted by atomic mass is 16.5. The molecule has 4 rings (SSSR count). The van der Waals surface area contributed by atoms with E-state index in [2.05, 4.69) is 16.2 Å². The summed E-state index contributed by atoms with van der Waals surface area (Å²) in [5.41, 5.74) is 15.6. The predicted molar refractivity (Wildman–Crippen MR) is 126 cm³/mol. The third-order valence-electron chi connectivity index (χ3n) is 5.72. The average molecular weight is 454 g/mol. The molecule has 0 aliphatic heterocycles. The Bertz CT molecular complexity index is 1500. The fourth-order valence-electron chi connectivity index (χ4n) is 4.12. The molecule has 0 bridgehead atoms. The monoisotopic (exact) mass is 454 g/mol. The molecule has 0 unspecified atom stereocenters. The van der Waals surface area contributed by atoms with E-state index in [0.29, 0.717) is 45.7 Å². The number of rotatable bonds is 6. The van der Waals surface area contributed by atoms with E-state index >= 15 is 0 Å². The smallest absolute Gasteiger partial charge is 0.267 e. The molecule has 0 aliphatic rings. The number of hydrogen-bond acceptors (Lipinski definition) is 6. The van der Waals surface area contributed by atoms with Crippen LogP contribution in [-0.4, -0.2) is 33.7 Å². The summed E-state index contributed by atoms with van der Waals surface area (Å²) >= 11 is 0. The second-order valence-electron chi connectivity index (χ2n) is 7.83. The number of hydrogen-bond donors (Lipinski definition) is 2. The Balaban J connectivity index is 1.98. The van der Waals surface area contributed by atoms with Crippen molar-refractivity contribution < 1.29 is 14.3 Å². The van der Waals surface area contributed by atoms with Gasteiger partial charge in [-0.2, -0.15) is 10.4 Å². The molecule has 2 heterocycles. The van der Waals surface area contributed by atoms with Crippen molar-refractivity contribution in [1.29, 1.82) is 5.26 Å². The molecular weight excluding hydrogens is 432 g/mol. The van der Waals surface area contributed by atoms with Crippen molar-refractivity contribution in [2.24, 2.45) is 11.5 Å². The van der Waals surface area contributed by atoms with Crippen LogP contribution in [0, 0.1) is 25.2 Å². The molecule has 170 valence electrons. The number of benzene rings is 2. The molecule has 2 aromatic carbocycles. The van der Waals surface area contributed by atoms with Crippen molar-refractivity contribution in [3.8, 4) is 22.9 Å². The number of ether oxygens (including phenoxy) is 1. The number of pyridine rings is 1. The molecule has 9 nitrogen and oxygen atoms in total. The van der Waals surface area contributed by atoms with Crippen molar-refractivity contribution in [2.75, 3.05) is 7.11 Å². The Morgan fingerprint density at radius 1 is 1.06 bits per heavy atom. The minimum absolute atomic E-state index is 0.0596. The van der Waals surface area contributed by atoms with Crippen LogP contribution in [0.15, 0.2) is 42.5 Å². The van der Waals surface area contributed by atoms with E-state index in [4.69, 9.17) is 21.5 Å². The molecule has 0 spiro atoms. The van der Waals surface area contributed by atoms with Gasteiger partial charge < -0.3 is 16.2 Å². The molecule has 34 heavy (non-hydrogen) atoms. The lowest BCUT2D eigenvalue weighted by atomic mass is 9.92. The maximum absolute atomic E-state index is 12.7. The Hall–Kier alpha value is -4.71. The van der Waals surface area contributed by atoms with Gasteiger partial charge in [0.25, 0.3) is 5.91 Å². The zero-order valence-electron chi connectivity index (χ0n) is 18.9. The Labute approximate surface area is 195 Å². The minimum Gasteiger partial charge on any atom is -0.497 e. The number of primary amides is 2. The second-order valence-corrected chi connectivity index (χ2v) is 7.83. The first kappa shape index (κ1) is 22.5. The van der Waals surface area contributed by atoms with Gasteiger partial charge >= 0.3 is 0 Å². The van der Waals surface area contributed by atoms with Gasteiger partial charge in [0.15, 0.2) is 0 Å². The van der Waals surface area contributed by atoms with E-state index in [9.17, 15) is 9.59 Å². The lowest BCUT2D eigenvalue weighted by molar-refractivity contribution is 0.0996. The van der Waals surface area contributed by atoms with E-state index in [1.165, 1.54) is 7.11 Å². The van der Waals surface area contributed by atoms with Crippen LogP contribution < -0.4 is 16.2 Å². The molecule has 0 saturated heterocycles. The zero-order valence-corrected chi connectivity index (χ0v) is 18.9.